The number of aryl methyl sites for hydroxylation is 1. The molecule has 0 aromatic heterocycles. The van der Waals surface area contributed by atoms with Crippen molar-refractivity contribution >= 4 is 31.9 Å². The Kier molecular flexibility index (Phi) is 8.01. The minimum Gasteiger partial charge on any atom is -0.350 e. The average molecular weight is 453 g/mol. The zero-order chi connectivity index (χ0) is 19.9. The Morgan fingerprint density at radius 1 is 1.15 bits per heavy atom. The van der Waals surface area contributed by atoms with Crippen molar-refractivity contribution in [2.75, 3.05) is 6.54 Å². The van der Waals surface area contributed by atoms with Crippen LogP contribution in [0.2, 0.25) is 0 Å². The highest BCUT2D eigenvalue weighted by Gasteiger charge is 2.13. The van der Waals surface area contributed by atoms with Gasteiger partial charge in [0.1, 0.15) is 0 Å². The largest absolute Gasteiger partial charge is 0.350 e. The van der Waals surface area contributed by atoms with Crippen molar-refractivity contribution in [1.82, 2.24) is 10.0 Å². The molecule has 0 radical (unpaired) electrons. The smallest absolute Gasteiger partial charge is 0.240 e. The quantitative estimate of drug-likeness (QED) is 0.604. The second kappa shape index (κ2) is 10.0. The van der Waals surface area contributed by atoms with Gasteiger partial charge in [-0.25, -0.2) is 13.1 Å². The molecule has 2 rings (SSSR count). The monoisotopic (exact) mass is 452 g/mol. The maximum absolute atomic E-state index is 12.2. The van der Waals surface area contributed by atoms with Crippen LogP contribution in [-0.2, 0) is 21.2 Å². The van der Waals surface area contributed by atoms with E-state index in [2.05, 4.69) is 26.0 Å². The average Bonchev–Trinajstić information content (AvgIpc) is 2.65. The summed E-state index contributed by atoms with van der Waals surface area (Å²) in [6.45, 7) is 4.28. The summed E-state index contributed by atoms with van der Waals surface area (Å²) >= 11 is 3.43. The molecule has 146 valence electrons. The highest BCUT2D eigenvalue weighted by atomic mass is 79.9. The van der Waals surface area contributed by atoms with Gasteiger partial charge in [0.25, 0.3) is 0 Å². The summed E-state index contributed by atoms with van der Waals surface area (Å²) in [5.41, 5.74) is 1.96. The predicted molar refractivity (Wildman–Crippen MR) is 111 cm³/mol. The minimum atomic E-state index is -3.45. The molecule has 0 aliphatic rings. The Hall–Kier alpha value is -1.70. The number of benzene rings is 2. The standard InChI is InChI=1S/C20H25BrN2O3S/c1-3-13-22-27(25,26)19-10-7-16(8-11-19)9-12-20(24)23-15(2)17-5-4-6-18(21)14-17/h4-8,10-11,14-15,22H,3,9,12-13H2,1-2H3,(H,23,24)/t15-/m1/s1. The zero-order valence-corrected chi connectivity index (χ0v) is 17.9. The maximum Gasteiger partial charge on any atom is 0.240 e. The van der Waals surface area contributed by atoms with Crippen molar-refractivity contribution in [2.45, 2.75) is 44.0 Å². The molecule has 2 N–H and O–H groups in total. The number of hydrogen-bond acceptors (Lipinski definition) is 3. The van der Waals surface area contributed by atoms with E-state index in [9.17, 15) is 13.2 Å². The van der Waals surface area contributed by atoms with Crippen LogP contribution >= 0.6 is 15.9 Å². The van der Waals surface area contributed by atoms with Gasteiger partial charge in [-0.15, -0.1) is 0 Å². The molecule has 0 bridgehead atoms. The lowest BCUT2D eigenvalue weighted by Gasteiger charge is -2.14. The second-order valence-corrected chi connectivity index (χ2v) is 9.07. The molecule has 2 aromatic rings. The van der Waals surface area contributed by atoms with Crippen molar-refractivity contribution in [1.29, 1.82) is 0 Å². The Morgan fingerprint density at radius 2 is 1.85 bits per heavy atom. The Bertz CT molecular complexity index is 867. The topological polar surface area (TPSA) is 75.3 Å². The van der Waals surface area contributed by atoms with Gasteiger partial charge in [0.15, 0.2) is 0 Å². The lowest BCUT2D eigenvalue weighted by Crippen LogP contribution is -2.26. The first kappa shape index (κ1) is 21.6. The van der Waals surface area contributed by atoms with E-state index < -0.39 is 10.0 Å². The minimum absolute atomic E-state index is 0.0382. The molecule has 2 aromatic carbocycles. The first-order chi connectivity index (χ1) is 12.8. The van der Waals surface area contributed by atoms with Crippen LogP contribution in [0.15, 0.2) is 57.9 Å². The first-order valence-corrected chi connectivity index (χ1v) is 11.2. The van der Waals surface area contributed by atoms with Gasteiger partial charge in [-0.1, -0.05) is 47.1 Å². The highest BCUT2D eigenvalue weighted by molar-refractivity contribution is 9.10. The van der Waals surface area contributed by atoms with Crippen molar-refractivity contribution in [2.24, 2.45) is 0 Å². The molecule has 0 heterocycles. The number of sulfonamides is 1. The summed E-state index contributed by atoms with van der Waals surface area (Å²) in [5.74, 6) is -0.0382. The summed E-state index contributed by atoms with van der Waals surface area (Å²) < 4.78 is 27.7. The molecule has 1 amide bonds. The third kappa shape index (κ3) is 6.75. The molecule has 27 heavy (non-hydrogen) atoms. The third-order valence-electron chi connectivity index (χ3n) is 4.14. The fourth-order valence-corrected chi connectivity index (χ4v) is 4.14. The van der Waals surface area contributed by atoms with Gasteiger partial charge in [0.2, 0.25) is 15.9 Å². The summed E-state index contributed by atoms with van der Waals surface area (Å²) in [6, 6.07) is 14.4. The molecule has 0 saturated heterocycles. The molecule has 0 spiro atoms. The van der Waals surface area contributed by atoms with Gasteiger partial charge in [-0.2, -0.15) is 0 Å². The van der Waals surface area contributed by atoms with Crippen LogP contribution in [0, 0.1) is 0 Å². The van der Waals surface area contributed by atoms with E-state index in [0.717, 1.165) is 22.0 Å². The second-order valence-electron chi connectivity index (χ2n) is 6.39. The number of carbonyl (C=O) groups excluding carboxylic acids is 1. The summed E-state index contributed by atoms with van der Waals surface area (Å²) in [5, 5.41) is 2.99. The number of carbonyl (C=O) groups is 1. The molecule has 5 nitrogen and oxygen atoms in total. The summed E-state index contributed by atoms with van der Waals surface area (Å²) in [7, 11) is -3.45. The van der Waals surface area contributed by atoms with Crippen molar-refractivity contribution < 1.29 is 13.2 Å². The van der Waals surface area contributed by atoms with Crippen molar-refractivity contribution in [3.63, 3.8) is 0 Å². The maximum atomic E-state index is 12.2. The lowest BCUT2D eigenvalue weighted by atomic mass is 10.1. The Labute approximate surface area is 169 Å². The molecular formula is C20H25BrN2O3S. The van der Waals surface area contributed by atoms with Crippen molar-refractivity contribution in [3.05, 3.63) is 64.1 Å². The van der Waals surface area contributed by atoms with Gasteiger partial charge in [-0.05, 0) is 55.2 Å². The van der Waals surface area contributed by atoms with E-state index in [1.165, 1.54) is 0 Å². The highest BCUT2D eigenvalue weighted by Crippen LogP contribution is 2.18. The van der Waals surface area contributed by atoms with E-state index in [-0.39, 0.29) is 16.8 Å². The zero-order valence-electron chi connectivity index (χ0n) is 15.5. The molecule has 1 atom stereocenters. The van der Waals surface area contributed by atoms with Gasteiger partial charge in [0.05, 0.1) is 10.9 Å². The third-order valence-corrected chi connectivity index (χ3v) is 6.11. The number of nitrogens with one attached hydrogen (secondary N) is 2. The number of hydrogen-bond donors (Lipinski definition) is 2. The lowest BCUT2D eigenvalue weighted by molar-refractivity contribution is -0.121. The summed E-state index contributed by atoms with van der Waals surface area (Å²) in [6.07, 6.45) is 1.64. The van der Waals surface area contributed by atoms with Gasteiger partial charge < -0.3 is 5.32 Å². The predicted octanol–water partition coefficient (Wildman–Crippen LogP) is 3.95. The fraction of sp³-hybridized carbons (Fsp3) is 0.350. The molecule has 0 aliphatic carbocycles. The van der Waals surface area contributed by atoms with Gasteiger partial charge >= 0.3 is 0 Å². The van der Waals surface area contributed by atoms with E-state index >= 15 is 0 Å². The van der Waals surface area contributed by atoms with Crippen LogP contribution in [0.5, 0.6) is 0 Å². The first-order valence-electron chi connectivity index (χ1n) is 8.95. The molecule has 0 saturated carbocycles. The van der Waals surface area contributed by atoms with Crippen molar-refractivity contribution in [3.8, 4) is 0 Å². The van der Waals surface area contributed by atoms with Crippen LogP contribution < -0.4 is 10.0 Å². The van der Waals surface area contributed by atoms with Gasteiger partial charge in [0, 0.05) is 17.4 Å². The normalized spacial score (nSPS) is 12.6. The molecule has 0 aliphatic heterocycles. The van der Waals surface area contributed by atoms with Crippen LogP contribution in [0.25, 0.3) is 0 Å². The Morgan fingerprint density at radius 3 is 2.48 bits per heavy atom. The molecule has 0 unspecified atom stereocenters. The molecular weight excluding hydrogens is 428 g/mol. The van der Waals surface area contributed by atoms with E-state index in [1.54, 1.807) is 24.3 Å². The van der Waals surface area contributed by atoms with E-state index in [1.807, 2.05) is 38.1 Å². The van der Waals surface area contributed by atoms with Crippen LogP contribution in [-0.4, -0.2) is 20.9 Å². The number of rotatable bonds is 9. The number of halogens is 1. The van der Waals surface area contributed by atoms with E-state index in [0.29, 0.717) is 19.4 Å². The van der Waals surface area contributed by atoms with Crippen LogP contribution in [0.4, 0.5) is 0 Å². The molecule has 7 heteroatoms. The summed E-state index contributed by atoms with van der Waals surface area (Å²) in [4.78, 5) is 12.4. The fourth-order valence-electron chi connectivity index (χ4n) is 2.59. The number of amides is 1. The van der Waals surface area contributed by atoms with Gasteiger partial charge in [-0.3, -0.25) is 4.79 Å². The van der Waals surface area contributed by atoms with Crippen LogP contribution in [0.1, 0.15) is 43.9 Å². The van der Waals surface area contributed by atoms with E-state index in [4.69, 9.17) is 0 Å². The Balaban J connectivity index is 1.88. The van der Waals surface area contributed by atoms with Crippen LogP contribution in [0.3, 0.4) is 0 Å². The molecule has 0 fully saturated rings. The SMILES string of the molecule is CCCNS(=O)(=O)c1ccc(CCC(=O)N[C@H](C)c2cccc(Br)c2)cc1.